The lowest BCUT2D eigenvalue weighted by Crippen LogP contribution is -2.50. The van der Waals surface area contributed by atoms with Crippen molar-refractivity contribution < 1.29 is 19.0 Å². The molecule has 3 rings (SSSR count). The highest BCUT2D eigenvalue weighted by Crippen LogP contribution is 2.29. The Morgan fingerprint density at radius 2 is 2.00 bits per heavy atom. The Labute approximate surface area is 174 Å². The predicted molar refractivity (Wildman–Crippen MR) is 114 cm³/mol. The fourth-order valence-electron chi connectivity index (χ4n) is 3.73. The van der Waals surface area contributed by atoms with E-state index in [1.54, 1.807) is 6.08 Å². The number of benzene rings is 1. The Morgan fingerprint density at radius 3 is 2.69 bits per heavy atom. The molecule has 2 aliphatic rings. The van der Waals surface area contributed by atoms with Gasteiger partial charge in [0.2, 0.25) is 5.91 Å². The summed E-state index contributed by atoms with van der Waals surface area (Å²) < 4.78 is 17.2. The quantitative estimate of drug-likeness (QED) is 0.594. The third kappa shape index (κ3) is 6.47. The maximum Gasteiger partial charge on any atom is 0.246 e. The molecule has 1 aromatic rings. The van der Waals surface area contributed by atoms with Gasteiger partial charge in [-0.2, -0.15) is 0 Å². The molecule has 0 radical (unpaired) electrons. The fraction of sp³-hybridized carbons (Fsp3) is 0.609. The molecule has 1 atom stereocenters. The van der Waals surface area contributed by atoms with Gasteiger partial charge < -0.3 is 19.1 Å². The first-order valence-electron chi connectivity index (χ1n) is 10.9. The lowest BCUT2D eigenvalue weighted by Gasteiger charge is -2.35. The van der Waals surface area contributed by atoms with Crippen LogP contribution in [0, 0.1) is 0 Å². The van der Waals surface area contributed by atoms with Gasteiger partial charge in [-0.05, 0) is 50.0 Å². The second-order valence-electron chi connectivity index (χ2n) is 7.58. The number of nitrogens with zero attached hydrogens (tertiary/aromatic N) is 2. The third-order valence-electron chi connectivity index (χ3n) is 5.32. The van der Waals surface area contributed by atoms with Gasteiger partial charge in [0.15, 0.2) is 11.5 Å². The van der Waals surface area contributed by atoms with Gasteiger partial charge in [-0.15, -0.1) is 0 Å². The summed E-state index contributed by atoms with van der Waals surface area (Å²) in [4.78, 5) is 16.9. The third-order valence-corrected chi connectivity index (χ3v) is 5.32. The van der Waals surface area contributed by atoms with Crippen LogP contribution in [0.15, 0.2) is 24.3 Å². The number of carbonyl (C=O) groups excluding carboxylic acids is 1. The van der Waals surface area contributed by atoms with Gasteiger partial charge in [-0.1, -0.05) is 13.0 Å². The Kier molecular flexibility index (Phi) is 8.38. The van der Waals surface area contributed by atoms with Crippen molar-refractivity contribution in [2.75, 3.05) is 52.5 Å². The van der Waals surface area contributed by atoms with E-state index in [9.17, 15) is 4.79 Å². The standard InChI is InChI=1S/C23H34N2O4/c1-3-15-29-21-9-7-19(17-22(21)27-4-2)8-10-23(26)25-13-11-24(12-14-25)18-20-6-5-16-28-20/h7-10,17,20H,3-6,11-16,18H2,1-2H3/b10-8+. The Balaban J connectivity index is 1.51. The highest BCUT2D eigenvalue weighted by molar-refractivity contribution is 5.92. The van der Waals surface area contributed by atoms with Crippen LogP contribution in [-0.2, 0) is 9.53 Å². The monoisotopic (exact) mass is 402 g/mol. The lowest BCUT2D eigenvalue weighted by atomic mass is 10.1. The largest absolute Gasteiger partial charge is 0.490 e. The predicted octanol–water partition coefficient (Wildman–Crippen LogP) is 3.21. The van der Waals surface area contributed by atoms with E-state index in [0.29, 0.717) is 19.3 Å². The first kappa shape index (κ1) is 21.7. The zero-order valence-electron chi connectivity index (χ0n) is 17.8. The lowest BCUT2D eigenvalue weighted by molar-refractivity contribution is -0.127. The van der Waals surface area contributed by atoms with Crippen molar-refractivity contribution in [3.05, 3.63) is 29.8 Å². The van der Waals surface area contributed by atoms with Crippen molar-refractivity contribution in [1.82, 2.24) is 9.80 Å². The molecule has 6 heteroatoms. The molecule has 0 aromatic heterocycles. The van der Waals surface area contributed by atoms with Crippen molar-refractivity contribution in [1.29, 1.82) is 0 Å². The normalized spacial score (nSPS) is 20.3. The molecule has 0 saturated carbocycles. The summed E-state index contributed by atoms with van der Waals surface area (Å²) in [6.45, 7) is 10.5. The second-order valence-corrected chi connectivity index (χ2v) is 7.58. The number of amides is 1. The molecule has 2 heterocycles. The summed E-state index contributed by atoms with van der Waals surface area (Å²) in [5, 5.41) is 0. The summed E-state index contributed by atoms with van der Waals surface area (Å²) >= 11 is 0. The molecule has 0 N–H and O–H groups in total. The number of carbonyl (C=O) groups is 1. The minimum absolute atomic E-state index is 0.0611. The van der Waals surface area contributed by atoms with Crippen LogP contribution in [0.1, 0.15) is 38.7 Å². The number of hydrogen-bond donors (Lipinski definition) is 0. The van der Waals surface area contributed by atoms with Crippen LogP contribution < -0.4 is 9.47 Å². The Hall–Kier alpha value is -2.05. The molecule has 2 saturated heterocycles. The molecule has 2 fully saturated rings. The minimum atomic E-state index is 0.0611. The van der Waals surface area contributed by atoms with Crippen LogP contribution >= 0.6 is 0 Å². The molecule has 6 nitrogen and oxygen atoms in total. The van der Waals surface area contributed by atoms with Crippen LogP contribution in [-0.4, -0.2) is 74.4 Å². The molecule has 0 aliphatic carbocycles. The van der Waals surface area contributed by atoms with Crippen LogP contribution in [0.4, 0.5) is 0 Å². The van der Waals surface area contributed by atoms with Crippen molar-refractivity contribution in [3.8, 4) is 11.5 Å². The SMILES string of the molecule is CCCOc1ccc(/C=C/C(=O)N2CCN(CC3CCCO3)CC2)cc1OCC. The van der Waals surface area contributed by atoms with E-state index in [2.05, 4.69) is 11.8 Å². The number of piperazine rings is 1. The molecule has 1 aromatic carbocycles. The summed E-state index contributed by atoms with van der Waals surface area (Å²) in [5.74, 6) is 1.53. The van der Waals surface area contributed by atoms with Gasteiger partial charge in [0, 0.05) is 45.4 Å². The molecule has 1 amide bonds. The van der Waals surface area contributed by atoms with Gasteiger partial charge in [0.1, 0.15) is 0 Å². The van der Waals surface area contributed by atoms with Crippen molar-refractivity contribution in [2.45, 2.75) is 39.2 Å². The highest BCUT2D eigenvalue weighted by Gasteiger charge is 2.24. The number of ether oxygens (including phenoxy) is 3. The van der Waals surface area contributed by atoms with E-state index in [0.717, 1.165) is 69.2 Å². The molecule has 160 valence electrons. The molecule has 0 spiro atoms. The number of rotatable bonds is 9. The van der Waals surface area contributed by atoms with Crippen LogP contribution in [0.3, 0.4) is 0 Å². The first-order valence-corrected chi connectivity index (χ1v) is 10.9. The van der Waals surface area contributed by atoms with Gasteiger partial charge in [-0.25, -0.2) is 0 Å². The van der Waals surface area contributed by atoms with E-state index >= 15 is 0 Å². The van der Waals surface area contributed by atoms with Gasteiger partial charge >= 0.3 is 0 Å². The summed E-state index contributed by atoms with van der Waals surface area (Å²) in [7, 11) is 0. The topological polar surface area (TPSA) is 51.2 Å². The smallest absolute Gasteiger partial charge is 0.246 e. The molecule has 2 aliphatic heterocycles. The maximum absolute atomic E-state index is 12.6. The van der Waals surface area contributed by atoms with Crippen LogP contribution in [0.5, 0.6) is 11.5 Å². The maximum atomic E-state index is 12.6. The summed E-state index contributed by atoms with van der Waals surface area (Å²) in [5.41, 5.74) is 0.933. The van der Waals surface area contributed by atoms with Crippen molar-refractivity contribution in [3.63, 3.8) is 0 Å². The van der Waals surface area contributed by atoms with E-state index in [1.165, 1.54) is 6.42 Å². The molecule has 1 unspecified atom stereocenters. The van der Waals surface area contributed by atoms with Crippen LogP contribution in [0.25, 0.3) is 6.08 Å². The van der Waals surface area contributed by atoms with E-state index in [1.807, 2.05) is 36.1 Å². The number of hydrogen-bond acceptors (Lipinski definition) is 5. The average Bonchev–Trinajstić information content (AvgIpc) is 3.25. The molecular weight excluding hydrogens is 368 g/mol. The zero-order chi connectivity index (χ0) is 20.5. The fourth-order valence-corrected chi connectivity index (χ4v) is 3.73. The second kappa shape index (κ2) is 11.2. The van der Waals surface area contributed by atoms with Gasteiger partial charge in [0.05, 0.1) is 19.3 Å². The van der Waals surface area contributed by atoms with Gasteiger partial charge in [0.25, 0.3) is 0 Å². The van der Waals surface area contributed by atoms with Crippen molar-refractivity contribution >= 4 is 12.0 Å². The first-order chi connectivity index (χ1) is 14.2. The van der Waals surface area contributed by atoms with E-state index in [-0.39, 0.29) is 5.91 Å². The Morgan fingerprint density at radius 1 is 1.17 bits per heavy atom. The zero-order valence-corrected chi connectivity index (χ0v) is 17.8. The van der Waals surface area contributed by atoms with E-state index in [4.69, 9.17) is 14.2 Å². The minimum Gasteiger partial charge on any atom is -0.490 e. The summed E-state index contributed by atoms with van der Waals surface area (Å²) in [6.07, 6.45) is 7.17. The summed E-state index contributed by atoms with van der Waals surface area (Å²) in [6, 6.07) is 5.79. The Bertz CT molecular complexity index is 677. The highest BCUT2D eigenvalue weighted by atomic mass is 16.5. The van der Waals surface area contributed by atoms with Gasteiger partial charge in [-0.3, -0.25) is 9.69 Å². The van der Waals surface area contributed by atoms with Crippen LogP contribution in [0.2, 0.25) is 0 Å². The molecule has 29 heavy (non-hydrogen) atoms. The van der Waals surface area contributed by atoms with Crippen molar-refractivity contribution in [2.24, 2.45) is 0 Å². The molecular formula is C23H34N2O4. The molecule has 0 bridgehead atoms. The van der Waals surface area contributed by atoms with E-state index < -0.39 is 0 Å². The average molecular weight is 403 g/mol.